The van der Waals surface area contributed by atoms with Gasteiger partial charge in [0.25, 0.3) is 0 Å². The van der Waals surface area contributed by atoms with Crippen molar-refractivity contribution in [1.29, 1.82) is 0 Å². The first-order valence-corrected chi connectivity index (χ1v) is 7.60. The largest absolute Gasteiger partial charge is 0.481 e. The summed E-state index contributed by atoms with van der Waals surface area (Å²) in [5.41, 5.74) is -0.835. The van der Waals surface area contributed by atoms with Gasteiger partial charge in [-0.15, -0.1) is 5.10 Å². The minimum absolute atomic E-state index is 0.198. The van der Waals surface area contributed by atoms with Crippen LogP contribution in [0.4, 0.5) is 0 Å². The fourth-order valence-corrected chi connectivity index (χ4v) is 3.09. The minimum Gasteiger partial charge on any atom is -0.481 e. The quantitative estimate of drug-likeness (QED) is 0.504. The lowest BCUT2D eigenvalue weighted by molar-refractivity contribution is -0.141. The molecule has 1 heterocycles. The van der Waals surface area contributed by atoms with Crippen LogP contribution in [-0.2, 0) is 14.4 Å². The highest BCUT2D eigenvalue weighted by atomic mass is 32.2. The summed E-state index contributed by atoms with van der Waals surface area (Å²) in [6.45, 7) is 1.71. The van der Waals surface area contributed by atoms with E-state index < -0.39 is 34.4 Å². The number of carboxylic acid groups (broad SMARTS) is 2. The SMILES string of the molecule is CC1(/C=N/N=C2\NC(=O)C(CC(=O)O)S2)C=CC=CC1C(=O)O. The monoisotopic (exact) mass is 337 g/mol. The number of nitrogens with one attached hydrogen (secondary N) is 1. The summed E-state index contributed by atoms with van der Waals surface area (Å²) in [4.78, 5) is 33.5. The maximum atomic E-state index is 11.6. The van der Waals surface area contributed by atoms with Gasteiger partial charge in [0.05, 0.1) is 12.3 Å². The zero-order valence-electron chi connectivity index (χ0n) is 12.2. The number of carbonyl (C=O) groups is 3. The van der Waals surface area contributed by atoms with Crippen LogP contribution in [0.25, 0.3) is 0 Å². The maximum absolute atomic E-state index is 11.6. The van der Waals surface area contributed by atoms with E-state index in [0.717, 1.165) is 11.8 Å². The number of rotatable bonds is 5. The highest BCUT2D eigenvalue weighted by molar-refractivity contribution is 8.15. The average molecular weight is 337 g/mol. The Morgan fingerprint density at radius 2 is 2.17 bits per heavy atom. The smallest absolute Gasteiger partial charge is 0.311 e. The van der Waals surface area contributed by atoms with Crippen LogP contribution in [0.1, 0.15) is 13.3 Å². The lowest BCUT2D eigenvalue weighted by Gasteiger charge is -2.27. The fraction of sp³-hybridized carbons (Fsp3) is 0.357. The average Bonchev–Trinajstić information content (AvgIpc) is 2.78. The van der Waals surface area contributed by atoms with Crippen molar-refractivity contribution in [3.05, 3.63) is 24.3 Å². The molecule has 3 N–H and O–H groups in total. The standard InChI is InChI=1S/C14H15N3O5S/c1-14(5-3-2-4-8(14)12(21)22)7-15-17-13-16-11(20)9(23-13)6-10(18)19/h2-5,7-9H,6H2,1H3,(H,18,19)(H,21,22)(H,16,17,20)/b15-7+. The van der Waals surface area contributed by atoms with E-state index in [4.69, 9.17) is 5.11 Å². The van der Waals surface area contributed by atoms with Crippen LogP contribution in [0.15, 0.2) is 34.5 Å². The molecule has 0 aromatic heterocycles. The lowest BCUT2D eigenvalue weighted by atomic mass is 9.75. The number of carboxylic acids is 2. The van der Waals surface area contributed by atoms with E-state index in [-0.39, 0.29) is 11.6 Å². The normalized spacial score (nSPS) is 31.7. The number of hydrogen-bond acceptors (Lipinski definition) is 6. The van der Waals surface area contributed by atoms with E-state index in [1.54, 1.807) is 31.2 Å². The molecule has 9 heteroatoms. The topological polar surface area (TPSA) is 128 Å². The van der Waals surface area contributed by atoms with Gasteiger partial charge in [0.1, 0.15) is 5.25 Å². The molecule has 2 rings (SSSR count). The highest BCUT2D eigenvalue weighted by Gasteiger charge is 2.36. The summed E-state index contributed by atoms with van der Waals surface area (Å²) in [5.74, 6) is -3.24. The Hall–Kier alpha value is -2.42. The molecule has 0 aromatic rings. The van der Waals surface area contributed by atoms with Crippen molar-refractivity contribution in [3.8, 4) is 0 Å². The second kappa shape index (κ2) is 6.78. The Morgan fingerprint density at radius 1 is 1.43 bits per heavy atom. The van der Waals surface area contributed by atoms with Gasteiger partial charge in [-0.05, 0) is 6.92 Å². The summed E-state index contributed by atoms with van der Waals surface area (Å²) in [6.07, 6.45) is 7.76. The van der Waals surface area contributed by atoms with Crippen LogP contribution >= 0.6 is 11.8 Å². The van der Waals surface area contributed by atoms with Gasteiger partial charge in [-0.1, -0.05) is 36.1 Å². The van der Waals surface area contributed by atoms with Crippen molar-refractivity contribution in [2.45, 2.75) is 18.6 Å². The van der Waals surface area contributed by atoms with Crippen molar-refractivity contribution in [1.82, 2.24) is 5.32 Å². The number of nitrogens with zero attached hydrogens (tertiary/aromatic N) is 2. The van der Waals surface area contributed by atoms with Gasteiger partial charge < -0.3 is 15.5 Å². The van der Waals surface area contributed by atoms with Gasteiger partial charge >= 0.3 is 11.9 Å². The number of amidine groups is 1. The first-order chi connectivity index (χ1) is 10.8. The number of hydrogen-bond donors (Lipinski definition) is 3. The molecule has 1 fully saturated rings. The van der Waals surface area contributed by atoms with Gasteiger partial charge in [-0.2, -0.15) is 5.10 Å². The predicted octanol–water partition coefficient (Wildman–Crippen LogP) is 0.868. The third-order valence-corrected chi connectivity index (χ3v) is 4.50. The van der Waals surface area contributed by atoms with E-state index in [9.17, 15) is 19.5 Å². The number of aliphatic carboxylic acids is 2. The number of allylic oxidation sites excluding steroid dienone is 3. The Balaban J connectivity index is 2.07. The van der Waals surface area contributed by atoms with Crippen molar-refractivity contribution in [3.63, 3.8) is 0 Å². The first-order valence-electron chi connectivity index (χ1n) is 6.72. The van der Waals surface area contributed by atoms with Crippen LogP contribution in [0.2, 0.25) is 0 Å². The lowest BCUT2D eigenvalue weighted by Crippen LogP contribution is -2.33. The third kappa shape index (κ3) is 4.07. The molecule has 1 saturated heterocycles. The summed E-state index contributed by atoms with van der Waals surface area (Å²) in [5, 5.41) is 27.5. The van der Waals surface area contributed by atoms with Crippen LogP contribution in [0.3, 0.4) is 0 Å². The molecule has 0 saturated carbocycles. The van der Waals surface area contributed by atoms with E-state index in [0.29, 0.717) is 0 Å². The van der Waals surface area contributed by atoms with Crippen molar-refractivity contribution < 1.29 is 24.6 Å². The first kappa shape index (κ1) is 16.9. The minimum atomic E-state index is -1.07. The summed E-state index contributed by atoms with van der Waals surface area (Å²) < 4.78 is 0. The molecule has 0 aromatic carbocycles. The predicted molar refractivity (Wildman–Crippen MR) is 85.2 cm³/mol. The molecule has 23 heavy (non-hydrogen) atoms. The van der Waals surface area contributed by atoms with E-state index in [1.807, 2.05) is 0 Å². The molecule has 0 bridgehead atoms. The third-order valence-electron chi connectivity index (χ3n) is 3.43. The van der Waals surface area contributed by atoms with E-state index in [2.05, 4.69) is 15.5 Å². The molecule has 3 unspecified atom stereocenters. The molecular formula is C14H15N3O5S. The number of amides is 1. The van der Waals surface area contributed by atoms with Crippen LogP contribution in [0, 0.1) is 11.3 Å². The molecule has 0 radical (unpaired) electrons. The molecular weight excluding hydrogens is 322 g/mol. The Morgan fingerprint density at radius 3 is 2.83 bits per heavy atom. The molecule has 8 nitrogen and oxygen atoms in total. The second-order valence-corrected chi connectivity index (χ2v) is 6.46. The van der Waals surface area contributed by atoms with E-state index in [1.165, 1.54) is 6.21 Å². The fourth-order valence-electron chi connectivity index (χ4n) is 2.17. The summed E-state index contributed by atoms with van der Waals surface area (Å²) >= 11 is 0.986. The Kier molecular flexibility index (Phi) is 4.99. The Labute approximate surface area is 136 Å². The summed E-state index contributed by atoms with van der Waals surface area (Å²) in [7, 11) is 0. The summed E-state index contributed by atoms with van der Waals surface area (Å²) in [6, 6.07) is 0. The second-order valence-electron chi connectivity index (χ2n) is 5.27. The zero-order valence-corrected chi connectivity index (χ0v) is 13.0. The molecule has 1 amide bonds. The van der Waals surface area contributed by atoms with Crippen molar-refractivity contribution >= 4 is 41.0 Å². The van der Waals surface area contributed by atoms with Gasteiger partial charge in [-0.25, -0.2) is 0 Å². The van der Waals surface area contributed by atoms with Gasteiger partial charge in [0.2, 0.25) is 5.91 Å². The zero-order chi connectivity index (χ0) is 17.0. The van der Waals surface area contributed by atoms with Gasteiger partial charge in [-0.3, -0.25) is 14.4 Å². The highest BCUT2D eigenvalue weighted by Crippen LogP contribution is 2.32. The maximum Gasteiger partial charge on any atom is 0.311 e. The Bertz CT molecular complexity index is 655. The van der Waals surface area contributed by atoms with Crippen LogP contribution in [-0.4, -0.2) is 44.7 Å². The molecule has 0 spiro atoms. The van der Waals surface area contributed by atoms with Crippen molar-refractivity contribution in [2.75, 3.05) is 0 Å². The molecule has 1 aliphatic carbocycles. The molecule has 2 aliphatic rings. The van der Waals surface area contributed by atoms with Crippen LogP contribution < -0.4 is 5.32 Å². The van der Waals surface area contributed by atoms with Crippen molar-refractivity contribution in [2.24, 2.45) is 21.5 Å². The van der Waals surface area contributed by atoms with Crippen LogP contribution in [0.5, 0.6) is 0 Å². The molecule has 122 valence electrons. The van der Waals surface area contributed by atoms with Gasteiger partial charge in [0, 0.05) is 11.6 Å². The molecule has 1 aliphatic heterocycles. The van der Waals surface area contributed by atoms with Gasteiger partial charge in [0.15, 0.2) is 5.17 Å². The number of carbonyl (C=O) groups excluding carboxylic acids is 1. The number of thioether (sulfide) groups is 1. The molecule has 3 atom stereocenters. The van der Waals surface area contributed by atoms with E-state index >= 15 is 0 Å².